The van der Waals surface area contributed by atoms with Crippen molar-refractivity contribution in [2.45, 2.75) is 46.6 Å². The molecule has 0 bridgehead atoms. The van der Waals surface area contributed by atoms with Gasteiger partial charge in [-0.1, -0.05) is 37.6 Å². The summed E-state index contributed by atoms with van der Waals surface area (Å²) in [6.07, 6.45) is 9.19. The second-order valence-electron chi connectivity index (χ2n) is 5.55. The average molecular weight is 252 g/mol. The van der Waals surface area contributed by atoms with Crippen molar-refractivity contribution in [3.8, 4) is 0 Å². The Hall–Kier alpha value is -0.390. The molecule has 0 saturated heterocycles. The minimum Gasteiger partial charge on any atom is -0.389 e. The summed E-state index contributed by atoms with van der Waals surface area (Å²) in [5.74, 6) is 0. The van der Waals surface area contributed by atoms with Crippen molar-refractivity contribution in [2.75, 3.05) is 6.16 Å². The number of allylic oxidation sites excluding steroid dienone is 5. The number of aliphatic hydroxyl groups is 1. The van der Waals surface area contributed by atoms with E-state index in [0.29, 0.717) is 0 Å². The summed E-state index contributed by atoms with van der Waals surface area (Å²) in [5.41, 5.74) is 3.89. The summed E-state index contributed by atoms with van der Waals surface area (Å²) in [6, 6.07) is 0. The largest absolute Gasteiger partial charge is 0.389 e. The molecule has 0 radical (unpaired) electrons. The van der Waals surface area contributed by atoms with E-state index in [1.165, 1.54) is 11.1 Å². The highest BCUT2D eigenvalue weighted by Crippen LogP contribution is 2.40. The second-order valence-corrected chi connectivity index (χ2v) is 6.02. The van der Waals surface area contributed by atoms with Crippen molar-refractivity contribution in [1.29, 1.82) is 0 Å². The molecule has 0 saturated carbocycles. The van der Waals surface area contributed by atoms with E-state index in [1.54, 1.807) is 0 Å². The van der Waals surface area contributed by atoms with E-state index in [9.17, 15) is 5.11 Å². The van der Waals surface area contributed by atoms with Crippen LogP contribution in [0.15, 0.2) is 34.9 Å². The van der Waals surface area contributed by atoms with Gasteiger partial charge in [0.15, 0.2) is 0 Å². The van der Waals surface area contributed by atoms with E-state index in [-0.39, 0.29) is 11.5 Å². The first-order chi connectivity index (χ1) is 7.88. The van der Waals surface area contributed by atoms with Crippen molar-refractivity contribution < 1.29 is 5.11 Å². The minimum atomic E-state index is -0.256. The zero-order valence-electron chi connectivity index (χ0n) is 11.5. The Labute approximate surface area is 108 Å². The quantitative estimate of drug-likeness (QED) is 0.597. The average Bonchev–Trinajstić information content (AvgIpc) is 2.24. The Bertz CT molecular complexity index is 361. The van der Waals surface area contributed by atoms with Crippen molar-refractivity contribution in [2.24, 2.45) is 5.41 Å². The van der Waals surface area contributed by atoms with E-state index in [1.807, 2.05) is 0 Å². The van der Waals surface area contributed by atoms with Crippen LogP contribution in [0, 0.1) is 5.41 Å². The van der Waals surface area contributed by atoms with Gasteiger partial charge in [0.25, 0.3) is 0 Å². The van der Waals surface area contributed by atoms with Crippen LogP contribution < -0.4 is 0 Å². The van der Waals surface area contributed by atoms with E-state index in [4.69, 9.17) is 0 Å². The van der Waals surface area contributed by atoms with Crippen LogP contribution in [0.4, 0.5) is 0 Å². The number of aliphatic hydroxyl groups excluding tert-OH is 1. The predicted molar refractivity (Wildman–Crippen MR) is 79.2 cm³/mol. The van der Waals surface area contributed by atoms with Crippen LogP contribution in [-0.4, -0.2) is 17.4 Å². The van der Waals surface area contributed by atoms with Crippen molar-refractivity contribution in [3.63, 3.8) is 0 Å². The first kappa shape index (κ1) is 14.7. The molecule has 1 N–H and O–H groups in total. The van der Waals surface area contributed by atoms with Gasteiger partial charge < -0.3 is 5.11 Å². The highest BCUT2D eigenvalue weighted by molar-refractivity contribution is 7.16. The molecule has 2 atom stereocenters. The van der Waals surface area contributed by atoms with Crippen molar-refractivity contribution in [3.05, 3.63) is 34.9 Å². The Balaban J connectivity index is 3.00. The monoisotopic (exact) mass is 252 g/mol. The SMILES string of the molecule is CC1=C(/C=C/C(C)=C/CP)C(C)(C)CCC1O. The van der Waals surface area contributed by atoms with Gasteiger partial charge in [-0.05, 0) is 49.4 Å². The van der Waals surface area contributed by atoms with Crippen LogP contribution in [0.25, 0.3) is 0 Å². The molecule has 0 fully saturated rings. The van der Waals surface area contributed by atoms with E-state index in [2.05, 4.69) is 55.2 Å². The first-order valence-electron chi connectivity index (χ1n) is 6.32. The Kier molecular flexibility index (Phi) is 5.16. The fourth-order valence-electron chi connectivity index (χ4n) is 2.39. The van der Waals surface area contributed by atoms with Crippen LogP contribution in [0.3, 0.4) is 0 Å². The predicted octanol–water partition coefficient (Wildman–Crippen LogP) is 3.86. The van der Waals surface area contributed by atoms with Crippen LogP contribution in [0.5, 0.6) is 0 Å². The Morgan fingerprint density at radius 2 is 2.18 bits per heavy atom. The van der Waals surface area contributed by atoms with Gasteiger partial charge in [0.1, 0.15) is 0 Å². The molecule has 0 heterocycles. The third-order valence-electron chi connectivity index (χ3n) is 3.65. The summed E-state index contributed by atoms with van der Waals surface area (Å²) >= 11 is 0. The van der Waals surface area contributed by atoms with Crippen LogP contribution in [-0.2, 0) is 0 Å². The van der Waals surface area contributed by atoms with Crippen LogP contribution in [0.1, 0.15) is 40.5 Å². The highest BCUT2D eigenvalue weighted by atomic mass is 31.0. The van der Waals surface area contributed by atoms with Gasteiger partial charge in [0.05, 0.1) is 6.10 Å². The van der Waals surface area contributed by atoms with Gasteiger partial charge in [-0.15, -0.1) is 9.24 Å². The molecule has 0 aromatic heterocycles. The molecule has 1 nitrogen and oxygen atoms in total. The second kappa shape index (κ2) is 5.98. The molecule has 1 aliphatic carbocycles. The normalized spacial score (nSPS) is 25.8. The smallest absolute Gasteiger partial charge is 0.0753 e. The molecule has 2 heteroatoms. The lowest BCUT2D eigenvalue weighted by Crippen LogP contribution is -2.27. The lowest BCUT2D eigenvalue weighted by Gasteiger charge is -2.35. The number of hydrogen-bond donors (Lipinski definition) is 1. The third-order valence-corrected chi connectivity index (χ3v) is 3.88. The van der Waals surface area contributed by atoms with E-state index < -0.39 is 0 Å². The molecular weight excluding hydrogens is 227 g/mol. The first-order valence-corrected chi connectivity index (χ1v) is 7.14. The van der Waals surface area contributed by atoms with E-state index in [0.717, 1.165) is 24.6 Å². The van der Waals surface area contributed by atoms with Crippen molar-refractivity contribution in [1.82, 2.24) is 0 Å². The molecule has 0 aromatic rings. The fourth-order valence-corrected chi connectivity index (χ4v) is 2.76. The number of rotatable bonds is 3. The molecule has 0 aromatic carbocycles. The van der Waals surface area contributed by atoms with Gasteiger partial charge in [0, 0.05) is 0 Å². The summed E-state index contributed by atoms with van der Waals surface area (Å²) < 4.78 is 0. The molecule has 96 valence electrons. The van der Waals surface area contributed by atoms with Gasteiger partial charge in [-0.2, -0.15) is 0 Å². The lowest BCUT2D eigenvalue weighted by molar-refractivity contribution is 0.163. The fraction of sp³-hybridized carbons (Fsp3) is 0.600. The van der Waals surface area contributed by atoms with E-state index >= 15 is 0 Å². The number of hydrogen-bond acceptors (Lipinski definition) is 1. The summed E-state index contributed by atoms with van der Waals surface area (Å²) in [4.78, 5) is 0. The Morgan fingerprint density at radius 1 is 1.53 bits per heavy atom. The zero-order valence-corrected chi connectivity index (χ0v) is 12.6. The molecule has 1 rings (SSSR count). The van der Waals surface area contributed by atoms with Crippen molar-refractivity contribution >= 4 is 9.24 Å². The molecule has 0 spiro atoms. The standard InChI is InChI=1S/C15H25OP/c1-11(8-10-17)5-6-13-12(2)14(16)7-9-15(13,3)4/h5-6,8,14,16H,7,9-10,17H2,1-4H3/b6-5+,11-8+. The molecule has 1 aliphatic rings. The molecule has 17 heavy (non-hydrogen) atoms. The maximum absolute atomic E-state index is 9.94. The van der Waals surface area contributed by atoms with Gasteiger partial charge >= 0.3 is 0 Å². The van der Waals surface area contributed by atoms with Gasteiger partial charge in [0.2, 0.25) is 0 Å². The highest BCUT2D eigenvalue weighted by Gasteiger charge is 2.30. The summed E-state index contributed by atoms with van der Waals surface area (Å²) in [5, 5.41) is 9.94. The lowest BCUT2D eigenvalue weighted by atomic mass is 9.71. The van der Waals surface area contributed by atoms with Crippen LogP contribution in [0.2, 0.25) is 0 Å². The summed E-state index contributed by atoms with van der Waals surface area (Å²) in [6.45, 7) is 8.69. The maximum atomic E-state index is 9.94. The third kappa shape index (κ3) is 3.79. The molecule has 0 aliphatic heterocycles. The molecule has 2 unspecified atom stereocenters. The zero-order chi connectivity index (χ0) is 13.1. The topological polar surface area (TPSA) is 20.2 Å². The minimum absolute atomic E-state index is 0.182. The Morgan fingerprint density at radius 3 is 2.76 bits per heavy atom. The molecule has 0 amide bonds. The molecular formula is C15H25OP. The van der Waals surface area contributed by atoms with Crippen LogP contribution >= 0.6 is 9.24 Å². The maximum Gasteiger partial charge on any atom is 0.0753 e. The van der Waals surface area contributed by atoms with Gasteiger partial charge in [-0.3, -0.25) is 0 Å². The summed E-state index contributed by atoms with van der Waals surface area (Å²) in [7, 11) is 2.70. The van der Waals surface area contributed by atoms with Gasteiger partial charge in [-0.25, -0.2) is 0 Å².